The number of nitrogens with zero attached hydrogens (tertiary/aromatic N) is 4. The highest BCUT2D eigenvalue weighted by Gasteiger charge is 2.21. The van der Waals surface area contributed by atoms with Gasteiger partial charge < -0.3 is 14.6 Å². The van der Waals surface area contributed by atoms with Crippen LogP contribution in [0.4, 0.5) is 0 Å². The Labute approximate surface area is 154 Å². The van der Waals surface area contributed by atoms with E-state index in [4.69, 9.17) is 9.26 Å². The standard InChI is InChI=1S/C19H15N5O3/c1-26-16-8-3-2-6-12(16)17-10-15(24-27-17)19(25)21-18-11-14(22-23-18)13-7-4-5-9-20-13/h2-10H,11H2,1H3,(H,21,23,25). The Morgan fingerprint density at radius 3 is 2.81 bits per heavy atom. The number of amides is 1. The average molecular weight is 361 g/mol. The number of ether oxygens (including phenoxy) is 1. The van der Waals surface area contributed by atoms with Gasteiger partial charge in [0.25, 0.3) is 5.91 Å². The number of amidine groups is 1. The smallest absolute Gasteiger partial charge is 0.278 e. The Balaban J connectivity index is 1.44. The first-order valence-electron chi connectivity index (χ1n) is 8.21. The van der Waals surface area contributed by atoms with Crippen molar-refractivity contribution >= 4 is 17.5 Å². The number of carbonyl (C=O) groups excluding carboxylic acids is 1. The van der Waals surface area contributed by atoms with E-state index in [1.807, 2.05) is 36.4 Å². The molecule has 1 aliphatic rings. The van der Waals surface area contributed by atoms with Crippen molar-refractivity contribution < 1.29 is 14.1 Å². The minimum Gasteiger partial charge on any atom is -0.496 e. The van der Waals surface area contributed by atoms with Gasteiger partial charge in [0.15, 0.2) is 11.5 Å². The Bertz CT molecular complexity index is 1040. The third-order valence-electron chi connectivity index (χ3n) is 3.96. The predicted molar refractivity (Wildman–Crippen MR) is 98.8 cm³/mol. The largest absolute Gasteiger partial charge is 0.496 e. The topological polar surface area (TPSA) is 102 Å². The van der Waals surface area contributed by atoms with Crippen LogP contribution in [0.25, 0.3) is 11.3 Å². The lowest BCUT2D eigenvalue weighted by atomic mass is 10.1. The van der Waals surface area contributed by atoms with Crippen molar-refractivity contribution in [2.45, 2.75) is 6.42 Å². The van der Waals surface area contributed by atoms with Gasteiger partial charge in [0, 0.05) is 12.3 Å². The molecule has 0 saturated carbocycles. The first-order chi connectivity index (χ1) is 13.2. The maximum absolute atomic E-state index is 12.4. The fourth-order valence-electron chi connectivity index (χ4n) is 2.65. The van der Waals surface area contributed by atoms with Crippen LogP contribution in [0.3, 0.4) is 0 Å². The van der Waals surface area contributed by atoms with E-state index in [1.54, 1.807) is 25.4 Å². The van der Waals surface area contributed by atoms with Crippen molar-refractivity contribution in [3.8, 4) is 17.1 Å². The molecule has 0 spiro atoms. The van der Waals surface area contributed by atoms with Crippen LogP contribution in [-0.4, -0.2) is 34.7 Å². The Hall–Kier alpha value is -3.81. The molecule has 8 nitrogen and oxygen atoms in total. The zero-order valence-corrected chi connectivity index (χ0v) is 14.4. The molecular formula is C19H15N5O3. The zero-order chi connectivity index (χ0) is 18.6. The fourth-order valence-corrected chi connectivity index (χ4v) is 2.65. The summed E-state index contributed by atoms with van der Waals surface area (Å²) in [4.78, 5) is 16.7. The number of benzene rings is 1. The Morgan fingerprint density at radius 2 is 2.00 bits per heavy atom. The minimum atomic E-state index is -0.420. The number of hydrogen-bond acceptors (Lipinski definition) is 7. The van der Waals surface area contributed by atoms with Gasteiger partial charge in [-0.2, -0.15) is 5.10 Å². The normalized spacial score (nSPS) is 13.1. The SMILES string of the molecule is COc1ccccc1-c1cc(C(=O)NC2=NN=C(c3ccccn3)C2)no1. The maximum Gasteiger partial charge on any atom is 0.278 e. The van der Waals surface area contributed by atoms with Gasteiger partial charge in [-0.15, -0.1) is 5.10 Å². The number of aromatic nitrogens is 2. The highest BCUT2D eigenvalue weighted by Crippen LogP contribution is 2.29. The van der Waals surface area contributed by atoms with Crippen LogP contribution >= 0.6 is 0 Å². The number of rotatable bonds is 4. The molecule has 0 aliphatic carbocycles. The van der Waals surface area contributed by atoms with E-state index in [0.717, 1.165) is 5.69 Å². The molecule has 1 aliphatic heterocycles. The molecule has 0 unspecified atom stereocenters. The van der Waals surface area contributed by atoms with Crippen LogP contribution < -0.4 is 10.1 Å². The van der Waals surface area contributed by atoms with E-state index >= 15 is 0 Å². The summed E-state index contributed by atoms with van der Waals surface area (Å²) in [5, 5.41) is 14.6. The average Bonchev–Trinajstić information content (AvgIpc) is 3.38. The van der Waals surface area contributed by atoms with Crippen LogP contribution in [0.1, 0.15) is 22.6 Å². The monoisotopic (exact) mass is 361 g/mol. The van der Waals surface area contributed by atoms with Crippen LogP contribution in [0, 0.1) is 0 Å². The summed E-state index contributed by atoms with van der Waals surface area (Å²) >= 11 is 0. The van der Waals surface area contributed by atoms with Gasteiger partial charge in [0.05, 0.1) is 30.5 Å². The number of para-hydroxylation sites is 1. The van der Waals surface area contributed by atoms with Crippen molar-refractivity contribution in [3.63, 3.8) is 0 Å². The van der Waals surface area contributed by atoms with E-state index in [-0.39, 0.29) is 5.69 Å². The lowest BCUT2D eigenvalue weighted by Gasteiger charge is -2.03. The number of nitrogens with one attached hydrogen (secondary N) is 1. The highest BCUT2D eigenvalue weighted by molar-refractivity contribution is 6.18. The van der Waals surface area contributed by atoms with Gasteiger partial charge >= 0.3 is 0 Å². The molecule has 4 rings (SSSR count). The quantitative estimate of drug-likeness (QED) is 0.770. The summed E-state index contributed by atoms with van der Waals surface area (Å²) in [5.74, 6) is 1.09. The summed E-state index contributed by atoms with van der Waals surface area (Å²) in [6.45, 7) is 0. The molecule has 3 aromatic rings. The molecule has 0 atom stereocenters. The third kappa shape index (κ3) is 3.45. The predicted octanol–water partition coefficient (Wildman–Crippen LogP) is 2.68. The number of methoxy groups -OCH3 is 1. The molecule has 1 N–H and O–H groups in total. The van der Waals surface area contributed by atoms with Crippen molar-refractivity contribution in [2.24, 2.45) is 10.2 Å². The van der Waals surface area contributed by atoms with E-state index < -0.39 is 5.91 Å². The zero-order valence-electron chi connectivity index (χ0n) is 14.4. The molecule has 1 amide bonds. The van der Waals surface area contributed by atoms with Crippen molar-refractivity contribution in [1.29, 1.82) is 0 Å². The third-order valence-corrected chi connectivity index (χ3v) is 3.96. The van der Waals surface area contributed by atoms with Gasteiger partial charge in [0.2, 0.25) is 0 Å². The molecule has 3 heterocycles. The second-order valence-corrected chi connectivity index (χ2v) is 5.72. The molecule has 0 radical (unpaired) electrons. The van der Waals surface area contributed by atoms with Gasteiger partial charge in [-0.1, -0.05) is 23.4 Å². The van der Waals surface area contributed by atoms with E-state index in [0.29, 0.717) is 35.0 Å². The second-order valence-electron chi connectivity index (χ2n) is 5.72. The maximum atomic E-state index is 12.4. The van der Waals surface area contributed by atoms with Gasteiger partial charge in [-0.3, -0.25) is 9.78 Å². The van der Waals surface area contributed by atoms with Crippen LogP contribution in [0.15, 0.2) is 69.5 Å². The molecule has 134 valence electrons. The molecular weight excluding hydrogens is 346 g/mol. The van der Waals surface area contributed by atoms with Gasteiger partial charge in [-0.25, -0.2) is 0 Å². The number of hydrogen-bond donors (Lipinski definition) is 1. The number of carbonyl (C=O) groups is 1. The van der Waals surface area contributed by atoms with E-state index in [9.17, 15) is 4.79 Å². The van der Waals surface area contributed by atoms with Gasteiger partial charge in [0.1, 0.15) is 11.6 Å². The molecule has 2 aromatic heterocycles. The molecule has 1 aromatic carbocycles. The summed E-state index contributed by atoms with van der Waals surface area (Å²) in [6.07, 6.45) is 2.07. The lowest BCUT2D eigenvalue weighted by molar-refractivity contribution is 0.0968. The van der Waals surface area contributed by atoms with Crippen molar-refractivity contribution in [1.82, 2.24) is 15.5 Å². The summed E-state index contributed by atoms with van der Waals surface area (Å²) < 4.78 is 10.6. The van der Waals surface area contributed by atoms with Crippen molar-refractivity contribution in [3.05, 3.63) is 66.1 Å². The molecule has 0 saturated heterocycles. The second kappa shape index (κ2) is 7.20. The Morgan fingerprint density at radius 1 is 1.15 bits per heavy atom. The van der Waals surface area contributed by atoms with Crippen molar-refractivity contribution in [2.75, 3.05) is 7.11 Å². The summed E-state index contributed by atoms with van der Waals surface area (Å²) in [7, 11) is 1.57. The van der Waals surface area contributed by atoms with Crippen LogP contribution in [0.2, 0.25) is 0 Å². The first kappa shape index (κ1) is 16.6. The Kier molecular flexibility index (Phi) is 4.44. The molecule has 0 bridgehead atoms. The molecule has 8 heteroatoms. The van der Waals surface area contributed by atoms with Gasteiger partial charge in [-0.05, 0) is 24.3 Å². The molecule has 27 heavy (non-hydrogen) atoms. The minimum absolute atomic E-state index is 0.143. The van der Waals surface area contributed by atoms with Crippen LogP contribution in [0.5, 0.6) is 5.75 Å². The highest BCUT2D eigenvalue weighted by atomic mass is 16.5. The molecule has 0 fully saturated rings. The summed E-state index contributed by atoms with van der Waals surface area (Å²) in [5.41, 5.74) is 2.28. The first-order valence-corrected chi connectivity index (χ1v) is 8.21. The van der Waals surface area contributed by atoms with E-state index in [2.05, 4.69) is 25.7 Å². The lowest BCUT2D eigenvalue weighted by Crippen LogP contribution is -2.30. The number of pyridine rings is 1. The summed E-state index contributed by atoms with van der Waals surface area (Å²) in [6, 6.07) is 14.4. The van der Waals surface area contributed by atoms with Crippen LogP contribution in [-0.2, 0) is 0 Å². The fraction of sp³-hybridized carbons (Fsp3) is 0.105. The van der Waals surface area contributed by atoms with E-state index in [1.165, 1.54) is 0 Å².